The molecular weight excluding hydrogens is 212 g/mol. The van der Waals surface area contributed by atoms with Crippen LogP contribution in [0.1, 0.15) is 58.8 Å². The van der Waals surface area contributed by atoms with Crippen LogP contribution in [0, 0.1) is 16.7 Å². The van der Waals surface area contributed by atoms with E-state index in [1.54, 1.807) is 0 Å². The maximum atomic E-state index is 11.7. The Bertz CT molecular complexity index is 285. The van der Waals surface area contributed by atoms with Crippen molar-refractivity contribution in [2.24, 2.45) is 16.7 Å². The van der Waals surface area contributed by atoms with Gasteiger partial charge in [0.25, 0.3) is 0 Å². The van der Waals surface area contributed by atoms with Crippen LogP contribution in [0.4, 0.5) is 0 Å². The van der Waals surface area contributed by atoms with E-state index in [0.717, 1.165) is 19.3 Å². The lowest BCUT2D eigenvalue weighted by Crippen LogP contribution is -2.41. The lowest BCUT2D eigenvalue weighted by Gasteiger charge is -2.41. The van der Waals surface area contributed by atoms with Crippen LogP contribution in [0.15, 0.2) is 0 Å². The minimum atomic E-state index is -0.0927. The summed E-state index contributed by atoms with van der Waals surface area (Å²) in [6.07, 6.45) is 9.70. The lowest BCUT2D eigenvalue weighted by molar-refractivity contribution is -0.125. The van der Waals surface area contributed by atoms with Crippen molar-refractivity contribution < 1.29 is 9.53 Å². The molecule has 2 nitrogen and oxygen atoms in total. The fourth-order valence-corrected chi connectivity index (χ4v) is 4.18. The van der Waals surface area contributed by atoms with Gasteiger partial charge in [0.15, 0.2) is 0 Å². The van der Waals surface area contributed by atoms with Gasteiger partial charge in [-0.2, -0.15) is 0 Å². The zero-order valence-electron chi connectivity index (χ0n) is 11.5. The molecule has 2 aliphatic rings. The smallest absolute Gasteiger partial charge is 0.126 e. The number of rotatable bonds is 3. The molecule has 2 fully saturated rings. The van der Waals surface area contributed by atoms with Gasteiger partial charge in [-0.3, -0.25) is 0 Å². The fourth-order valence-electron chi connectivity index (χ4n) is 4.18. The van der Waals surface area contributed by atoms with Gasteiger partial charge in [-0.25, -0.2) is 0 Å². The molecule has 2 rings (SSSR count). The highest BCUT2D eigenvalue weighted by atomic mass is 16.5. The van der Waals surface area contributed by atoms with Crippen molar-refractivity contribution in [2.45, 2.75) is 64.9 Å². The van der Waals surface area contributed by atoms with Crippen molar-refractivity contribution in [3.8, 4) is 0 Å². The Labute approximate surface area is 105 Å². The average molecular weight is 238 g/mol. The van der Waals surface area contributed by atoms with Gasteiger partial charge in [-0.15, -0.1) is 0 Å². The van der Waals surface area contributed by atoms with Crippen LogP contribution in [0.25, 0.3) is 0 Å². The highest BCUT2D eigenvalue weighted by Crippen LogP contribution is 2.55. The molecule has 0 radical (unpaired) electrons. The number of aldehydes is 1. The molecule has 0 aromatic heterocycles. The molecule has 2 saturated carbocycles. The van der Waals surface area contributed by atoms with Crippen LogP contribution in [0.5, 0.6) is 0 Å². The normalized spacial score (nSPS) is 41.4. The van der Waals surface area contributed by atoms with Crippen molar-refractivity contribution >= 4 is 6.29 Å². The number of carbonyl (C=O) groups excluding carboxylic acids is 1. The summed E-state index contributed by atoms with van der Waals surface area (Å²) in [5, 5.41) is 0. The van der Waals surface area contributed by atoms with Crippen molar-refractivity contribution in [3.05, 3.63) is 0 Å². The Balaban J connectivity index is 2.19. The summed E-state index contributed by atoms with van der Waals surface area (Å²) in [4.78, 5) is 11.7. The SMILES string of the molecule is CO[C@@H]1CCCC[C@H]1[C@]1(C=O)CCC(C)(C)C1. The van der Waals surface area contributed by atoms with E-state index in [-0.39, 0.29) is 5.41 Å². The molecule has 2 aliphatic carbocycles. The first-order valence-corrected chi connectivity index (χ1v) is 7.02. The summed E-state index contributed by atoms with van der Waals surface area (Å²) in [6, 6.07) is 0. The second-order valence-electron chi connectivity index (χ2n) is 6.86. The number of hydrogen-bond acceptors (Lipinski definition) is 2. The maximum Gasteiger partial charge on any atom is 0.126 e. The van der Waals surface area contributed by atoms with E-state index in [4.69, 9.17) is 4.74 Å². The van der Waals surface area contributed by atoms with Crippen molar-refractivity contribution in [1.29, 1.82) is 0 Å². The Morgan fingerprint density at radius 1 is 1.18 bits per heavy atom. The Morgan fingerprint density at radius 2 is 1.88 bits per heavy atom. The standard InChI is InChI=1S/C15H26O2/c1-14(2)8-9-15(10-14,11-16)12-6-4-5-7-13(12)17-3/h11-13H,4-10H2,1-3H3/t12-,13-,15-/m1/s1. The second kappa shape index (κ2) is 4.72. The molecule has 0 aliphatic heterocycles. The first kappa shape index (κ1) is 13.1. The lowest BCUT2D eigenvalue weighted by atomic mass is 9.66. The third-order valence-electron chi connectivity index (χ3n) is 5.05. The minimum Gasteiger partial charge on any atom is -0.381 e. The molecule has 0 N–H and O–H groups in total. The summed E-state index contributed by atoms with van der Waals surface area (Å²) in [6.45, 7) is 4.59. The quantitative estimate of drug-likeness (QED) is 0.702. The molecule has 0 bridgehead atoms. The number of hydrogen-bond donors (Lipinski definition) is 0. The topological polar surface area (TPSA) is 26.3 Å². The van der Waals surface area contributed by atoms with Crippen LogP contribution in [0.2, 0.25) is 0 Å². The van der Waals surface area contributed by atoms with Crippen molar-refractivity contribution in [2.75, 3.05) is 7.11 Å². The summed E-state index contributed by atoms with van der Waals surface area (Å²) in [5.74, 6) is 0.459. The Hall–Kier alpha value is -0.370. The number of ether oxygens (including phenoxy) is 1. The first-order chi connectivity index (χ1) is 8.03. The van der Waals surface area contributed by atoms with Gasteiger partial charge in [-0.05, 0) is 43.4 Å². The maximum absolute atomic E-state index is 11.7. The molecule has 2 heteroatoms. The average Bonchev–Trinajstić information content (AvgIpc) is 2.66. The third kappa shape index (κ3) is 2.42. The monoisotopic (exact) mass is 238 g/mol. The van der Waals surface area contributed by atoms with Crippen LogP contribution < -0.4 is 0 Å². The fraction of sp³-hybridized carbons (Fsp3) is 0.933. The van der Waals surface area contributed by atoms with Crippen LogP contribution in [-0.2, 0) is 9.53 Å². The van der Waals surface area contributed by atoms with Gasteiger partial charge < -0.3 is 9.53 Å². The molecule has 0 heterocycles. The highest BCUT2D eigenvalue weighted by Gasteiger charge is 2.50. The largest absolute Gasteiger partial charge is 0.381 e. The summed E-state index contributed by atoms with van der Waals surface area (Å²) in [5.41, 5.74) is 0.237. The van der Waals surface area contributed by atoms with E-state index in [2.05, 4.69) is 13.8 Å². The predicted molar refractivity (Wildman–Crippen MR) is 68.9 cm³/mol. The van der Waals surface area contributed by atoms with Gasteiger partial charge >= 0.3 is 0 Å². The molecule has 0 amide bonds. The third-order valence-corrected chi connectivity index (χ3v) is 5.05. The molecule has 0 saturated heterocycles. The Kier molecular flexibility index (Phi) is 3.63. The molecule has 0 unspecified atom stereocenters. The van der Waals surface area contributed by atoms with E-state index >= 15 is 0 Å². The van der Waals surface area contributed by atoms with Crippen LogP contribution in [0.3, 0.4) is 0 Å². The zero-order valence-corrected chi connectivity index (χ0v) is 11.5. The van der Waals surface area contributed by atoms with E-state index in [0.29, 0.717) is 17.4 Å². The molecule has 98 valence electrons. The summed E-state index contributed by atoms with van der Waals surface area (Å²) in [7, 11) is 1.81. The van der Waals surface area contributed by atoms with E-state index in [1.165, 1.54) is 32.0 Å². The van der Waals surface area contributed by atoms with Gasteiger partial charge in [0.05, 0.1) is 6.10 Å². The molecule has 0 aromatic carbocycles. The number of methoxy groups -OCH3 is 1. The second-order valence-corrected chi connectivity index (χ2v) is 6.86. The molecule has 0 spiro atoms. The van der Waals surface area contributed by atoms with Gasteiger partial charge in [0.2, 0.25) is 0 Å². The van der Waals surface area contributed by atoms with Crippen molar-refractivity contribution in [3.63, 3.8) is 0 Å². The van der Waals surface area contributed by atoms with Gasteiger partial charge in [0.1, 0.15) is 6.29 Å². The highest BCUT2D eigenvalue weighted by molar-refractivity contribution is 5.61. The zero-order chi connectivity index (χ0) is 12.5. The molecule has 0 aromatic rings. The van der Waals surface area contributed by atoms with E-state index < -0.39 is 0 Å². The predicted octanol–water partition coefficient (Wildman–Crippen LogP) is 3.59. The van der Waals surface area contributed by atoms with E-state index in [1.807, 2.05) is 7.11 Å². The first-order valence-electron chi connectivity index (χ1n) is 7.02. The number of carbonyl (C=O) groups is 1. The Morgan fingerprint density at radius 3 is 2.41 bits per heavy atom. The van der Waals surface area contributed by atoms with Gasteiger partial charge in [0, 0.05) is 12.5 Å². The van der Waals surface area contributed by atoms with E-state index in [9.17, 15) is 4.79 Å². The van der Waals surface area contributed by atoms with Crippen LogP contribution >= 0.6 is 0 Å². The molecule has 17 heavy (non-hydrogen) atoms. The van der Waals surface area contributed by atoms with Crippen LogP contribution in [-0.4, -0.2) is 19.5 Å². The van der Waals surface area contributed by atoms with Gasteiger partial charge in [-0.1, -0.05) is 26.7 Å². The minimum absolute atomic E-state index is 0.0927. The van der Waals surface area contributed by atoms with Crippen molar-refractivity contribution in [1.82, 2.24) is 0 Å². The molecular formula is C15H26O2. The summed E-state index contributed by atoms with van der Waals surface area (Å²) < 4.78 is 5.65. The molecule has 3 atom stereocenters. The summed E-state index contributed by atoms with van der Waals surface area (Å²) >= 11 is 0.